The molecule has 196 valence electrons. The summed E-state index contributed by atoms with van der Waals surface area (Å²) in [7, 11) is 0. The van der Waals surface area contributed by atoms with Gasteiger partial charge in [0.1, 0.15) is 0 Å². The molecule has 39 heavy (non-hydrogen) atoms. The third-order valence-electron chi connectivity index (χ3n) is 7.19. The molecule has 0 heterocycles. The average Bonchev–Trinajstić information content (AvgIpc) is 2.94. The van der Waals surface area contributed by atoms with Crippen molar-refractivity contribution in [2.24, 2.45) is 3.36 Å². The Labute approximate surface area is 267 Å². The summed E-state index contributed by atoms with van der Waals surface area (Å²) >= 11 is 12.0. The van der Waals surface area contributed by atoms with E-state index < -0.39 is 15.7 Å². The Morgan fingerprint density at radius 2 is 0.564 bits per heavy atom. The standard InChI is InChI=1S/C30H20Br5N3Te/c31-21-1-11-26(12-2-21)39(38-37-36,27-13-3-22(32)4-14-27,28-15-5-23(33)6-16-28,29-17-7-24(34)8-18-29)30-19-9-25(35)10-20-30/h1-20H. The van der Waals surface area contributed by atoms with Crippen molar-refractivity contribution in [3.8, 4) is 0 Å². The molecule has 0 aliphatic carbocycles. The molecule has 0 aliphatic heterocycles. The minimum atomic E-state index is -6.18. The van der Waals surface area contributed by atoms with Gasteiger partial charge in [0.25, 0.3) is 0 Å². The summed E-state index contributed by atoms with van der Waals surface area (Å²) in [5.41, 5.74) is 10.8. The molecule has 3 nitrogen and oxygen atoms in total. The van der Waals surface area contributed by atoms with Crippen molar-refractivity contribution in [2.75, 3.05) is 0 Å². The molecular formula is C30H20Br5N3Te. The first kappa shape index (κ1) is 29.1. The van der Waals surface area contributed by atoms with Gasteiger partial charge in [-0.05, 0) is 0 Å². The van der Waals surface area contributed by atoms with Gasteiger partial charge in [-0.2, -0.15) is 0 Å². The fourth-order valence-electron chi connectivity index (χ4n) is 5.53. The summed E-state index contributed by atoms with van der Waals surface area (Å²) in [6.45, 7) is 0. The van der Waals surface area contributed by atoms with E-state index in [0.29, 0.717) is 0 Å². The van der Waals surface area contributed by atoms with Gasteiger partial charge in [-0.1, -0.05) is 0 Å². The van der Waals surface area contributed by atoms with Gasteiger partial charge in [0, 0.05) is 0 Å². The minimum absolute atomic E-state index is 0.937. The van der Waals surface area contributed by atoms with E-state index in [4.69, 9.17) is 3.36 Å². The second-order valence-corrected chi connectivity index (χ2v) is 29.1. The topological polar surface area (TPSA) is 48.8 Å². The second kappa shape index (κ2) is 10.8. The number of benzene rings is 5. The quantitative estimate of drug-likeness (QED) is 0.0711. The Morgan fingerprint density at radius 1 is 0.385 bits per heavy atom. The zero-order valence-corrected chi connectivity index (χ0v) is 30.4. The molecule has 0 radical (unpaired) electrons. The number of rotatable bonds is 6. The number of azide groups is 1. The van der Waals surface area contributed by atoms with Crippen LogP contribution in [0.1, 0.15) is 0 Å². The van der Waals surface area contributed by atoms with E-state index in [-0.39, 0.29) is 0 Å². The molecule has 0 amide bonds. The van der Waals surface area contributed by atoms with Crippen LogP contribution in [0.15, 0.2) is 147 Å². The molecule has 0 saturated carbocycles. The number of nitrogens with zero attached hydrogens (tertiary/aromatic N) is 3. The summed E-state index contributed by atoms with van der Waals surface area (Å²) in [4.78, 5) is 3.80. The molecule has 0 spiro atoms. The first-order valence-electron chi connectivity index (χ1n) is 11.7. The van der Waals surface area contributed by atoms with E-state index >= 15 is 0 Å². The second-order valence-electron chi connectivity index (χ2n) is 8.92. The molecule has 5 aromatic carbocycles. The molecular weight excluding hydrogens is 929 g/mol. The van der Waals surface area contributed by atoms with Gasteiger partial charge in [-0.25, -0.2) is 0 Å². The van der Waals surface area contributed by atoms with Gasteiger partial charge in [0.15, 0.2) is 0 Å². The van der Waals surface area contributed by atoms with E-state index in [1.54, 1.807) is 0 Å². The van der Waals surface area contributed by atoms with Crippen molar-refractivity contribution in [3.63, 3.8) is 0 Å². The first-order valence-corrected chi connectivity index (χ1v) is 22.5. The summed E-state index contributed by atoms with van der Waals surface area (Å²) in [6, 6.07) is 41.4. The molecule has 0 atom stereocenters. The van der Waals surface area contributed by atoms with Gasteiger partial charge in [0.2, 0.25) is 0 Å². The van der Waals surface area contributed by atoms with Crippen LogP contribution in [-0.2, 0) is 0 Å². The summed E-state index contributed by atoms with van der Waals surface area (Å²) < 4.78 is 14.8. The average molecular weight is 950 g/mol. The normalized spacial score (nSPS) is 13.2. The molecule has 0 bridgehead atoms. The van der Waals surface area contributed by atoms with Crippen LogP contribution in [0.25, 0.3) is 10.4 Å². The van der Waals surface area contributed by atoms with Crippen LogP contribution in [0.3, 0.4) is 0 Å². The third-order valence-corrected chi connectivity index (χ3v) is 31.6. The fraction of sp³-hybridized carbons (Fsp3) is 0. The van der Waals surface area contributed by atoms with Crippen LogP contribution in [-0.4, -0.2) is 15.7 Å². The molecule has 0 saturated heterocycles. The number of hydrogen-bond acceptors (Lipinski definition) is 1. The maximum atomic E-state index is 10.8. The van der Waals surface area contributed by atoms with Crippen LogP contribution in [0.4, 0.5) is 0 Å². The van der Waals surface area contributed by atoms with E-state index in [1.165, 1.54) is 0 Å². The molecule has 0 unspecified atom stereocenters. The van der Waals surface area contributed by atoms with Gasteiger partial charge in [-0.3, -0.25) is 0 Å². The third kappa shape index (κ3) is 4.00. The SMILES string of the molecule is [N-]=[N+]=N[Te](c1ccc(Br)cc1)(c1ccc(Br)cc1)(c1ccc(Br)cc1)(c1ccc(Br)cc1)c1ccc(Br)cc1. The van der Waals surface area contributed by atoms with Crippen molar-refractivity contribution in [1.29, 1.82) is 0 Å². The predicted molar refractivity (Wildman–Crippen MR) is 184 cm³/mol. The zero-order chi connectivity index (χ0) is 27.7. The Balaban J connectivity index is 2.30. The Morgan fingerprint density at radius 3 is 0.718 bits per heavy atom. The van der Waals surface area contributed by atoms with Gasteiger partial charge in [0.05, 0.1) is 0 Å². The van der Waals surface area contributed by atoms with Crippen LogP contribution in [0, 0.1) is 0 Å². The van der Waals surface area contributed by atoms with Gasteiger partial charge >= 0.3 is 271 Å². The van der Waals surface area contributed by atoms with Crippen molar-refractivity contribution in [3.05, 3.63) is 154 Å². The van der Waals surface area contributed by atoms with Gasteiger partial charge in [-0.15, -0.1) is 0 Å². The summed E-state index contributed by atoms with van der Waals surface area (Å²) in [5.74, 6) is 0. The van der Waals surface area contributed by atoms with E-state index in [1.807, 2.05) is 60.7 Å². The van der Waals surface area contributed by atoms with Gasteiger partial charge < -0.3 is 0 Å². The molecule has 0 N–H and O–H groups in total. The number of hydrogen-bond donors (Lipinski definition) is 0. The monoisotopic (exact) mass is 947 g/mol. The van der Waals surface area contributed by atoms with E-state index in [2.05, 4.69) is 145 Å². The van der Waals surface area contributed by atoms with Crippen LogP contribution in [0.2, 0.25) is 0 Å². The van der Waals surface area contributed by atoms with Crippen molar-refractivity contribution in [2.45, 2.75) is 0 Å². The Hall–Kier alpha value is -1.40. The molecule has 5 aromatic rings. The molecule has 0 fully saturated rings. The first-order chi connectivity index (χ1) is 18.7. The Kier molecular flexibility index (Phi) is 8.04. The number of halogens is 5. The molecule has 5 rings (SSSR count). The van der Waals surface area contributed by atoms with Crippen LogP contribution in [0.5, 0.6) is 0 Å². The van der Waals surface area contributed by atoms with Crippen molar-refractivity contribution in [1.82, 2.24) is 0 Å². The van der Waals surface area contributed by atoms with Crippen LogP contribution >= 0.6 is 79.6 Å². The van der Waals surface area contributed by atoms with Crippen LogP contribution < -0.4 is 18.1 Å². The summed E-state index contributed by atoms with van der Waals surface area (Å²) in [6.07, 6.45) is 0. The fourth-order valence-corrected chi connectivity index (χ4v) is 27.9. The van der Waals surface area contributed by atoms with E-state index in [0.717, 1.165) is 40.4 Å². The Bertz CT molecular complexity index is 1420. The molecule has 0 aliphatic rings. The van der Waals surface area contributed by atoms with E-state index in [9.17, 15) is 5.53 Å². The molecule has 0 aromatic heterocycles. The maximum absolute atomic E-state index is 10.8. The van der Waals surface area contributed by atoms with Crippen molar-refractivity contribution < 1.29 is 0 Å². The van der Waals surface area contributed by atoms with Crippen molar-refractivity contribution >= 4 is 113 Å². The summed E-state index contributed by atoms with van der Waals surface area (Å²) in [5, 5.41) is 0. The molecule has 9 heteroatoms. The zero-order valence-electron chi connectivity index (χ0n) is 20.2. The predicted octanol–water partition coefficient (Wildman–Crippen LogP) is 8.50.